The van der Waals surface area contributed by atoms with Crippen molar-refractivity contribution in [2.45, 2.75) is 18.1 Å². The zero-order valence-corrected chi connectivity index (χ0v) is 15.0. The molecule has 0 aromatic heterocycles. The van der Waals surface area contributed by atoms with E-state index in [1.807, 2.05) is 0 Å². The lowest BCUT2D eigenvalue weighted by Crippen LogP contribution is -2.25. The van der Waals surface area contributed by atoms with Crippen LogP contribution in [-0.2, 0) is 16.6 Å². The fourth-order valence-electron chi connectivity index (χ4n) is 2.15. The van der Waals surface area contributed by atoms with Crippen LogP contribution in [0.5, 0.6) is 5.75 Å². The average Bonchev–Trinajstić information content (AvgIpc) is 2.60. The number of nitrogens with zero attached hydrogens (tertiary/aromatic N) is 1. The van der Waals surface area contributed by atoms with Crippen LogP contribution in [0.1, 0.15) is 15.9 Å². The standard InChI is InChI=1S/C17H18F2N2O4S/c1-21(2)26(23,24)14-8-5-7-12(10-14)16(22)20-11-13-6-3-4-9-15(13)25-17(18)19/h3-10,17H,11H2,1-2H3,(H,20,22). The molecule has 26 heavy (non-hydrogen) atoms. The number of halogens is 2. The van der Waals surface area contributed by atoms with Crippen molar-refractivity contribution in [2.75, 3.05) is 14.1 Å². The van der Waals surface area contributed by atoms with Gasteiger partial charge in [-0.05, 0) is 24.3 Å². The van der Waals surface area contributed by atoms with Crippen LogP contribution in [0, 0.1) is 0 Å². The summed E-state index contributed by atoms with van der Waals surface area (Å²) in [6.45, 7) is -3.02. The second kappa shape index (κ2) is 8.24. The molecule has 0 spiro atoms. The number of nitrogens with one attached hydrogen (secondary N) is 1. The third-order valence-electron chi connectivity index (χ3n) is 3.50. The van der Waals surface area contributed by atoms with Gasteiger partial charge >= 0.3 is 6.61 Å². The molecule has 6 nitrogen and oxygen atoms in total. The van der Waals surface area contributed by atoms with Gasteiger partial charge in [0.2, 0.25) is 10.0 Å². The molecule has 0 aliphatic rings. The van der Waals surface area contributed by atoms with Gasteiger partial charge in [-0.15, -0.1) is 0 Å². The zero-order valence-electron chi connectivity index (χ0n) is 14.1. The molecule has 0 aliphatic heterocycles. The Bertz CT molecular complexity index is 886. The molecule has 0 bridgehead atoms. The highest BCUT2D eigenvalue weighted by atomic mass is 32.2. The van der Waals surface area contributed by atoms with Gasteiger partial charge in [-0.25, -0.2) is 12.7 Å². The second-order valence-electron chi connectivity index (χ2n) is 5.48. The molecule has 0 aliphatic carbocycles. The molecule has 2 aromatic rings. The number of hydrogen-bond acceptors (Lipinski definition) is 4. The van der Waals surface area contributed by atoms with Crippen LogP contribution >= 0.6 is 0 Å². The maximum atomic E-state index is 12.4. The van der Waals surface area contributed by atoms with E-state index in [4.69, 9.17) is 0 Å². The minimum Gasteiger partial charge on any atom is -0.434 e. The number of rotatable bonds is 7. The van der Waals surface area contributed by atoms with Crippen LogP contribution in [0.15, 0.2) is 53.4 Å². The molecule has 0 atom stereocenters. The van der Waals surface area contributed by atoms with Crippen molar-refractivity contribution in [3.05, 3.63) is 59.7 Å². The summed E-state index contributed by atoms with van der Waals surface area (Å²) in [6, 6.07) is 11.7. The highest BCUT2D eigenvalue weighted by Crippen LogP contribution is 2.20. The van der Waals surface area contributed by atoms with Crippen molar-refractivity contribution in [3.63, 3.8) is 0 Å². The summed E-state index contributed by atoms with van der Waals surface area (Å²) in [5.74, 6) is -0.570. The molecular formula is C17H18F2N2O4S. The Morgan fingerprint density at radius 2 is 1.85 bits per heavy atom. The predicted octanol–water partition coefficient (Wildman–Crippen LogP) is 2.47. The fourth-order valence-corrected chi connectivity index (χ4v) is 3.10. The Morgan fingerprint density at radius 3 is 2.50 bits per heavy atom. The molecular weight excluding hydrogens is 366 g/mol. The summed E-state index contributed by atoms with van der Waals surface area (Å²) in [5, 5.41) is 2.56. The molecule has 9 heteroatoms. The molecule has 0 fully saturated rings. The first-order chi connectivity index (χ1) is 12.2. The van der Waals surface area contributed by atoms with Crippen LogP contribution in [0.3, 0.4) is 0 Å². The molecule has 1 N–H and O–H groups in total. The van der Waals surface area contributed by atoms with Crippen LogP contribution in [0.25, 0.3) is 0 Å². The number of ether oxygens (including phenoxy) is 1. The number of sulfonamides is 1. The van der Waals surface area contributed by atoms with Crippen molar-refractivity contribution < 1.29 is 26.7 Å². The van der Waals surface area contributed by atoms with Crippen molar-refractivity contribution >= 4 is 15.9 Å². The lowest BCUT2D eigenvalue weighted by Gasteiger charge is -2.13. The first-order valence-corrected chi connectivity index (χ1v) is 8.99. The Morgan fingerprint density at radius 1 is 1.15 bits per heavy atom. The van der Waals surface area contributed by atoms with E-state index < -0.39 is 22.5 Å². The molecule has 0 saturated heterocycles. The van der Waals surface area contributed by atoms with Gasteiger partial charge in [-0.3, -0.25) is 4.79 Å². The van der Waals surface area contributed by atoms with Gasteiger partial charge in [0.1, 0.15) is 5.75 Å². The molecule has 0 unspecified atom stereocenters. The predicted molar refractivity (Wildman–Crippen MR) is 91.6 cm³/mol. The maximum absolute atomic E-state index is 12.4. The first kappa shape index (κ1) is 19.8. The van der Waals surface area contributed by atoms with E-state index in [9.17, 15) is 22.0 Å². The van der Waals surface area contributed by atoms with Gasteiger partial charge in [0.25, 0.3) is 5.91 Å². The number of benzene rings is 2. The number of amides is 1. The molecule has 0 radical (unpaired) electrons. The summed E-state index contributed by atoms with van der Waals surface area (Å²) >= 11 is 0. The minimum absolute atomic E-state index is 0.0171. The number of alkyl halides is 2. The van der Waals surface area contributed by atoms with Gasteiger partial charge in [-0.1, -0.05) is 24.3 Å². The zero-order chi connectivity index (χ0) is 19.3. The Balaban J connectivity index is 2.15. The topological polar surface area (TPSA) is 75.7 Å². The highest BCUT2D eigenvalue weighted by Gasteiger charge is 2.19. The smallest absolute Gasteiger partial charge is 0.387 e. The van der Waals surface area contributed by atoms with E-state index in [-0.39, 0.29) is 22.8 Å². The Kier molecular flexibility index (Phi) is 6.27. The van der Waals surface area contributed by atoms with Crippen LogP contribution in [-0.4, -0.2) is 39.3 Å². The third-order valence-corrected chi connectivity index (χ3v) is 5.31. The van der Waals surface area contributed by atoms with Crippen molar-refractivity contribution in [2.24, 2.45) is 0 Å². The molecule has 2 rings (SSSR count). The first-order valence-electron chi connectivity index (χ1n) is 7.55. The lowest BCUT2D eigenvalue weighted by molar-refractivity contribution is -0.0504. The van der Waals surface area contributed by atoms with Gasteiger partial charge in [0.15, 0.2) is 0 Å². The average molecular weight is 384 g/mol. The lowest BCUT2D eigenvalue weighted by atomic mass is 10.1. The normalized spacial score (nSPS) is 11.6. The van der Waals surface area contributed by atoms with E-state index in [0.29, 0.717) is 5.56 Å². The second-order valence-corrected chi connectivity index (χ2v) is 7.64. The van der Waals surface area contributed by atoms with Crippen LogP contribution in [0.2, 0.25) is 0 Å². The van der Waals surface area contributed by atoms with E-state index in [0.717, 1.165) is 4.31 Å². The number of carbonyl (C=O) groups is 1. The summed E-state index contributed by atoms with van der Waals surface area (Å²) < 4.78 is 54.6. The summed E-state index contributed by atoms with van der Waals surface area (Å²) in [7, 11) is -0.888. The van der Waals surface area contributed by atoms with Gasteiger partial charge < -0.3 is 10.1 Å². The molecule has 140 valence electrons. The molecule has 2 aromatic carbocycles. The number of hydrogen-bond donors (Lipinski definition) is 1. The number of carbonyl (C=O) groups excluding carboxylic acids is 1. The maximum Gasteiger partial charge on any atom is 0.387 e. The van der Waals surface area contributed by atoms with Gasteiger partial charge in [0, 0.05) is 31.8 Å². The summed E-state index contributed by atoms with van der Waals surface area (Å²) in [5.41, 5.74) is 0.512. The van der Waals surface area contributed by atoms with E-state index >= 15 is 0 Å². The highest BCUT2D eigenvalue weighted by molar-refractivity contribution is 7.89. The van der Waals surface area contributed by atoms with Crippen molar-refractivity contribution in [3.8, 4) is 5.75 Å². The monoisotopic (exact) mass is 384 g/mol. The van der Waals surface area contributed by atoms with Crippen molar-refractivity contribution in [1.82, 2.24) is 9.62 Å². The third kappa shape index (κ3) is 4.77. The Labute approximate surface area is 150 Å². The van der Waals surface area contributed by atoms with Gasteiger partial charge in [-0.2, -0.15) is 8.78 Å². The largest absolute Gasteiger partial charge is 0.434 e. The summed E-state index contributed by atoms with van der Waals surface area (Å²) in [4.78, 5) is 12.3. The summed E-state index contributed by atoms with van der Waals surface area (Å²) in [6.07, 6.45) is 0. The van der Waals surface area contributed by atoms with Crippen molar-refractivity contribution in [1.29, 1.82) is 0 Å². The molecule has 0 heterocycles. The SMILES string of the molecule is CN(C)S(=O)(=O)c1cccc(C(=O)NCc2ccccc2OC(F)F)c1. The minimum atomic E-state index is -3.67. The molecule has 1 amide bonds. The van der Waals surface area contributed by atoms with E-state index in [2.05, 4.69) is 10.1 Å². The van der Waals surface area contributed by atoms with Crippen LogP contribution in [0.4, 0.5) is 8.78 Å². The molecule has 0 saturated carbocycles. The van der Waals surface area contributed by atoms with E-state index in [1.165, 1.54) is 44.4 Å². The fraction of sp³-hybridized carbons (Fsp3) is 0.235. The number of para-hydroxylation sites is 1. The van der Waals surface area contributed by atoms with Gasteiger partial charge in [0.05, 0.1) is 4.90 Å². The van der Waals surface area contributed by atoms with Crippen LogP contribution < -0.4 is 10.1 Å². The quantitative estimate of drug-likeness (QED) is 0.796. The van der Waals surface area contributed by atoms with E-state index in [1.54, 1.807) is 18.2 Å². The Hall–Kier alpha value is -2.52.